The molecule has 0 aromatic rings. The number of rotatable bonds is 8. The van der Waals surface area contributed by atoms with Gasteiger partial charge in [0.1, 0.15) is 0 Å². The zero-order valence-corrected chi connectivity index (χ0v) is 10.2. The summed E-state index contributed by atoms with van der Waals surface area (Å²) in [7, 11) is 0. The third-order valence-electron chi connectivity index (χ3n) is 2.24. The predicted molar refractivity (Wildman–Crippen MR) is 63.8 cm³/mol. The molecule has 1 atom stereocenters. The molecule has 88 valence electrons. The van der Waals surface area contributed by atoms with Gasteiger partial charge in [-0.15, -0.1) is 0 Å². The van der Waals surface area contributed by atoms with Gasteiger partial charge in [0, 0.05) is 6.42 Å². The van der Waals surface area contributed by atoms with Gasteiger partial charge in [0.15, 0.2) is 5.78 Å². The van der Waals surface area contributed by atoms with Crippen LogP contribution in [0.1, 0.15) is 52.9 Å². The van der Waals surface area contributed by atoms with Gasteiger partial charge in [0.05, 0.1) is 6.10 Å². The topological polar surface area (TPSA) is 37.3 Å². The molecule has 0 saturated carbocycles. The van der Waals surface area contributed by atoms with Crippen LogP contribution in [0.5, 0.6) is 0 Å². The lowest BCUT2D eigenvalue weighted by molar-refractivity contribution is -0.116. The summed E-state index contributed by atoms with van der Waals surface area (Å²) >= 11 is 0. The van der Waals surface area contributed by atoms with Crippen molar-refractivity contribution in [1.82, 2.24) is 0 Å². The first-order valence-electron chi connectivity index (χ1n) is 5.95. The van der Waals surface area contributed by atoms with E-state index >= 15 is 0 Å². The van der Waals surface area contributed by atoms with Gasteiger partial charge < -0.3 is 5.11 Å². The fraction of sp³-hybridized carbons (Fsp3) is 0.769. The van der Waals surface area contributed by atoms with E-state index < -0.39 is 6.10 Å². The van der Waals surface area contributed by atoms with Crippen molar-refractivity contribution in [2.75, 3.05) is 0 Å². The lowest BCUT2D eigenvalue weighted by atomic mass is 10.0. The Bertz CT molecular complexity index is 195. The van der Waals surface area contributed by atoms with E-state index in [4.69, 9.17) is 0 Å². The molecule has 2 heteroatoms. The highest BCUT2D eigenvalue weighted by Crippen LogP contribution is 2.07. The maximum absolute atomic E-state index is 11.3. The molecule has 0 spiro atoms. The minimum Gasteiger partial charge on any atom is -0.393 e. The van der Waals surface area contributed by atoms with Crippen molar-refractivity contribution in [1.29, 1.82) is 0 Å². The average Bonchev–Trinajstić information content (AvgIpc) is 2.15. The van der Waals surface area contributed by atoms with Crippen LogP contribution < -0.4 is 0 Å². The van der Waals surface area contributed by atoms with Crippen molar-refractivity contribution in [2.24, 2.45) is 5.92 Å². The van der Waals surface area contributed by atoms with Crippen LogP contribution in [0.15, 0.2) is 12.2 Å². The second-order valence-electron chi connectivity index (χ2n) is 4.42. The molecule has 0 amide bonds. The number of carbonyl (C=O) groups excluding carboxylic acids is 1. The number of ketones is 1. The van der Waals surface area contributed by atoms with E-state index in [1.54, 1.807) is 6.08 Å². The Kier molecular flexibility index (Phi) is 8.30. The normalized spacial score (nSPS) is 13.7. The largest absolute Gasteiger partial charge is 0.393 e. The van der Waals surface area contributed by atoms with E-state index in [0.717, 1.165) is 25.7 Å². The lowest BCUT2D eigenvalue weighted by Crippen LogP contribution is -2.11. The van der Waals surface area contributed by atoms with E-state index in [9.17, 15) is 9.90 Å². The Balaban J connectivity index is 3.66. The van der Waals surface area contributed by atoms with E-state index in [1.165, 1.54) is 0 Å². The SMILES string of the molecule is CCCCCC(O)CC(=O)/C=C/C(C)C. The number of aliphatic hydroxyl groups is 1. The van der Waals surface area contributed by atoms with Gasteiger partial charge in [-0.2, -0.15) is 0 Å². The summed E-state index contributed by atoms with van der Waals surface area (Å²) in [5, 5.41) is 9.56. The zero-order valence-electron chi connectivity index (χ0n) is 10.2. The quantitative estimate of drug-likeness (QED) is 0.496. The van der Waals surface area contributed by atoms with Crippen molar-refractivity contribution in [3.05, 3.63) is 12.2 Å². The van der Waals surface area contributed by atoms with Crippen molar-refractivity contribution in [2.45, 2.75) is 59.0 Å². The summed E-state index contributed by atoms with van der Waals surface area (Å²) in [6.45, 7) is 6.19. The first-order valence-corrected chi connectivity index (χ1v) is 5.95. The average molecular weight is 212 g/mol. The zero-order chi connectivity index (χ0) is 11.7. The molecule has 0 aromatic carbocycles. The maximum Gasteiger partial charge on any atom is 0.157 e. The lowest BCUT2D eigenvalue weighted by Gasteiger charge is -2.07. The van der Waals surface area contributed by atoms with Gasteiger partial charge >= 0.3 is 0 Å². The number of allylic oxidation sites excluding steroid dienone is 2. The Morgan fingerprint density at radius 2 is 2.00 bits per heavy atom. The summed E-state index contributed by atoms with van der Waals surface area (Å²) in [4.78, 5) is 11.3. The van der Waals surface area contributed by atoms with Crippen molar-refractivity contribution < 1.29 is 9.90 Å². The molecule has 0 bridgehead atoms. The van der Waals surface area contributed by atoms with Gasteiger partial charge in [0.2, 0.25) is 0 Å². The molecular formula is C13H24O2. The minimum atomic E-state index is -0.458. The first kappa shape index (κ1) is 14.4. The Morgan fingerprint density at radius 3 is 2.53 bits per heavy atom. The molecule has 0 rings (SSSR count). The van der Waals surface area contributed by atoms with Crippen LogP contribution in [0.3, 0.4) is 0 Å². The molecule has 0 fully saturated rings. The Morgan fingerprint density at radius 1 is 1.33 bits per heavy atom. The highest BCUT2D eigenvalue weighted by atomic mass is 16.3. The van der Waals surface area contributed by atoms with Crippen LogP contribution in [-0.2, 0) is 4.79 Å². The summed E-state index contributed by atoms with van der Waals surface area (Å²) in [5.41, 5.74) is 0. The molecular weight excluding hydrogens is 188 g/mol. The molecule has 0 saturated heterocycles. The van der Waals surface area contributed by atoms with Crippen LogP contribution >= 0.6 is 0 Å². The first-order chi connectivity index (χ1) is 7.06. The number of carbonyl (C=O) groups is 1. The van der Waals surface area contributed by atoms with Gasteiger partial charge in [-0.1, -0.05) is 46.1 Å². The molecule has 2 nitrogen and oxygen atoms in total. The second-order valence-corrected chi connectivity index (χ2v) is 4.42. The fourth-order valence-electron chi connectivity index (χ4n) is 1.33. The number of hydrogen-bond donors (Lipinski definition) is 1. The minimum absolute atomic E-state index is 0.0349. The summed E-state index contributed by atoms with van der Waals surface area (Å²) in [5.74, 6) is 0.430. The third-order valence-corrected chi connectivity index (χ3v) is 2.24. The van der Waals surface area contributed by atoms with Crippen molar-refractivity contribution in [3.63, 3.8) is 0 Å². The molecule has 0 aliphatic carbocycles. The maximum atomic E-state index is 11.3. The third kappa shape index (κ3) is 9.67. The van der Waals surface area contributed by atoms with E-state index in [0.29, 0.717) is 5.92 Å². The monoisotopic (exact) mass is 212 g/mol. The van der Waals surface area contributed by atoms with Crippen LogP contribution in [0, 0.1) is 5.92 Å². The highest BCUT2D eigenvalue weighted by Gasteiger charge is 2.07. The van der Waals surface area contributed by atoms with Crippen LogP contribution in [0.25, 0.3) is 0 Å². The molecule has 1 N–H and O–H groups in total. The summed E-state index contributed by atoms with van der Waals surface area (Å²) < 4.78 is 0. The van der Waals surface area contributed by atoms with Crippen molar-refractivity contribution in [3.8, 4) is 0 Å². The molecule has 0 aliphatic rings. The predicted octanol–water partition coefficient (Wildman–Crippen LogP) is 3.10. The molecule has 0 radical (unpaired) electrons. The van der Waals surface area contributed by atoms with Gasteiger partial charge in [0.25, 0.3) is 0 Å². The standard InChI is InChI=1S/C13H24O2/c1-4-5-6-7-12(14)10-13(15)9-8-11(2)3/h8-9,11-12,14H,4-7,10H2,1-3H3/b9-8+. The molecule has 1 unspecified atom stereocenters. The fourth-order valence-corrected chi connectivity index (χ4v) is 1.33. The summed E-state index contributed by atoms with van der Waals surface area (Å²) in [6, 6.07) is 0. The van der Waals surface area contributed by atoms with E-state index in [1.807, 2.05) is 19.9 Å². The molecule has 0 aliphatic heterocycles. The van der Waals surface area contributed by atoms with Gasteiger partial charge in [-0.3, -0.25) is 4.79 Å². The van der Waals surface area contributed by atoms with Crippen LogP contribution in [-0.4, -0.2) is 17.0 Å². The van der Waals surface area contributed by atoms with E-state index in [2.05, 4.69) is 6.92 Å². The Labute approximate surface area is 93.4 Å². The van der Waals surface area contributed by atoms with E-state index in [-0.39, 0.29) is 12.2 Å². The second kappa shape index (κ2) is 8.66. The Hall–Kier alpha value is -0.630. The number of hydrogen-bond acceptors (Lipinski definition) is 2. The smallest absolute Gasteiger partial charge is 0.157 e. The summed E-state index contributed by atoms with van der Waals surface area (Å²) in [6.07, 6.45) is 7.32. The van der Waals surface area contributed by atoms with Gasteiger partial charge in [-0.25, -0.2) is 0 Å². The number of unbranched alkanes of at least 4 members (excludes halogenated alkanes) is 2. The van der Waals surface area contributed by atoms with Crippen molar-refractivity contribution >= 4 is 5.78 Å². The highest BCUT2D eigenvalue weighted by molar-refractivity contribution is 5.89. The molecule has 0 heterocycles. The molecule has 0 aromatic heterocycles. The number of aliphatic hydroxyl groups excluding tert-OH is 1. The van der Waals surface area contributed by atoms with Crippen LogP contribution in [0.2, 0.25) is 0 Å². The van der Waals surface area contributed by atoms with Crippen LogP contribution in [0.4, 0.5) is 0 Å². The molecule has 15 heavy (non-hydrogen) atoms. The van der Waals surface area contributed by atoms with Gasteiger partial charge in [-0.05, 0) is 18.4 Å².